The van der Waals surface area contributed by atoms with E-state index in [4.69, 9.17) is 0 Å². The molecule has 0 unspecified atom stereocenters. The number of hydrogen-bond donors (Lipinski definition) is 0. The monoisotopic (exact) mass is 285 g/mol. The molecule has 0 saturated heterocycles. The number of carbonyl (C=O) groups is 1. The molecule has 16 heavy (non-hydrogen) atoms. The fraction of sp³-hybridized carbons (Fsp3) is 0.417. The van der Waals surface area contributed by atoms with Gasteiger partial charge in [0.2, 0.25) is 0 Å². The molecule has 0 heterocycles. The summed E-state index contributed by atoms with van der Waals surface area (Å²) in [6, 6.07) is 4.82. The summed E-state index contributed by atoms with van der Waals surface area (Å²) < 4.78 is 13.7. The van der Waals surface area contributed by atoms with Crippen molar-refractivity contribution in [1.82, 2.24) is 4.90 Å². The number of rotatable bonds is 2. The summed E-state index contributed by atoms with van der Waals surface area (Å²) in [5.74, 6) is -0.496. The van der Waals surface area contributed by atoms with Crippen LogP contribution < -0.4 is 0 Å². The fourth-order valence-corrected chi connectivity index (χ4v) is 2.02. The van der Waals surface area contributed by atoms with E-state index in [0.717, 1.165) is 12.8 Å². The largest absolute Gasteiger partial charge is 0.339 e. The average Bonchev–Trinajstić information content (AvgIpc) is 2.18. The SMILES string of the molecule is CN(C(=O)c1ccc(Br)c(F)c1)C1CCC1. The Hall–Kier alpha value is -0.900. The molecule has 1 aromatic carbocycles. The molecule has 2 nitrogen and oxygen atoms in total. The second-order valence-corrected chi connectivity index (χ2v) is 4.98. The van der Waals surface area contributed by atoms with Crippen molar-refractivity contribution in [3.8, 4) is 0 Å². The molecule has 4 heteroatoms. The molecule has 0 aromatic heterocycles. The van der Waals surface area contributed by atoms with Crippen LogP contribution in [-0.4, -0.2) is 23.9 Å². The van der Waals surface area contributed by atoms with Gasteiger partial charge in [-0.15, -0.1) is 0 Å². The highest BCUT2D eigenvalue weighted by atomic mass is 79.9. The number of benzene rings is 1. The quantitative estimate of drug-likeness (QED) is 0.817. The molecule has 1 aliphatic rings. The topological polar surface area (TPSA) is 20.3 Å². The van der Waals surface area contributed by atoms with Gasteiger partial charge in [0.05, 0.1) is 4.47 Å². The lowest BCUT2D eigenvalue weighted by molar-refractivity contribution is 0.0651. The van der Waals surface area contributed by atoms with Gasteiger partial charge in [-0.25, -0.2) is 4.39 Å². The van der Waals surface area contributed by atoms with E-state index >= 15 is 0 Å². The summed E-state index contributed by atoms with van der Waals surface area (Å²) in [5.41, 5.74) is 0.412. The predicted molar refractivity (Wildman–Crippen MR) is 63.8 cm³/mol. The molecule has 86 valence electrons. The summed E-state index contributed by atoms with van der Waals surface area (Å²) in [4.78, 5) is 13.7. The van der Waals surface area contributed by atoms with E-state index in [2.05, 4.69) is 15.9 Å². The zero-order valence-electron chi connectivity index (χ0n) is 9.04. The van der Waals surface area contributed by atoms with E-state index < -0.39 is 5.82 Å². The van der Waals surface area contributed by atoms with Crippen LogP contribution >= 0.6 is 15.9 Å². The summed E-state index contributed by atoms with van der Waals surface area (Å²) >= 11 is 3.07. The van der Waals surface area contributed by atoms with E-state index in [0.29, 0.717) is 16.1 Å². The van der Waals surface area contributed by atoms with Gasteiger partial charge < -0.3 is 4.90 Å². The number of hydrogen-bond acceptors (Lipinski definition) is 1. The van der Waals surface area contributed by atoms with Crippen LogP contribution in [-0.2, 0) is 0 Å². The minimum atomic E-state index is -0.396. The molecule has 2 rings (SSSR count). The Kier molecular flexibility index (Phi) is 3.28. The molecular formula is C12H13BrFNO. The van der Waals surface area contributed by atoms with Crippen molar-refractivity contribution >= 4 is 21.8 Å². The van der Waals surface area contributed by atoms with E-state index in [-0.39, 0.29) is 5.91 Å². The number of amides is 1. The number of carbonyl (C=O) groups excluding carboxylic acids is 1. The van der Waals surface area contributed by atoms with E-state index in [9.17, 15) is 9.18 Å². The highest BCUT2D eigenvalue weighted by Crippen LogP contribution is 2.25. The van der Waals surface area contributed by atoms with Crippen molar-refractivity contribution in [2.45, 2.75) is 25.3 Å². The standard InChI is InChI=1S/C12H13BrFNO/c1-15(9-3-2-4-9)12(16)8-5-6-10(13)11(14)7-8/h5-7,9H,2-4H2,1H3. The number of halogens is 2. The first-order valence-corrected chi connectivity index (χ1v) is 6.11. The maximum absolute atomic E-state index is 13.3. The maximum atomic E-state index is 13.3. The Balaban J connectivity index is 2.16. The van der Waals surface area contributed by atoms with Crippen molar-refractivity contribution in [2.24, 2.45) is 0 Å². The Morgan fingerprint density at radius 3 is 2.69 bits per heavy atom. The maximum Gasteiger partial charge on any atom is 0.253 e. The third-order valence-corrected chi connectivity index (χ3v) is 3.75. The zero-order valence-corrected chi connectivity index (χ0v) is 10.6. The van der Waals surface area contributed by atoms with E-state index in [1.165, 1.54) is 12.5 Å². The molecule has 1 aliphatic carbocycles. The van der Waals surface area contributed by atoms with Gasteiger partial charge in [0, 0.05) is 18.7 Å². The van der Waals surface area contributed by atoms with Crippen LogP contribution in [0, 0.1) is 5.82 Å². The van der Waals surface area contributed by atoms with Gasteiger partial charge in [0.15, 0.2) is 0 Å². The molecule has 0 atom stereocenters. The van der Waals surface area contributed by atoms with Gasteiger partial charge in [0.25, 0.3) is 5.91 Å². The Labute approximate surface area is 103 Å². The van der Waals surface area contributed by atoms with Gasteiger partial charge in [-0.3, -0.25) is 4.79 Å². The second-order valence-electron chi connectivity index (χ2n) is 4.13. The molecule has 0 aliphatic heterocycles. The fourth-order valence-electron chi connectivity index (χ4n) is 1.77. The van der Waals surface area contributed by atoms with E-state index in [1.54, 1.807) is 24.1 Å². The lowest BCUT2D eigenvalue weighted by Gasteiger charge is -2.34. The molecule has 1 fully saturated rings. The Bertz CT molecular complexity index is 417. The smallest absolute Gasteiger partial charge is 0.253 e. The molecule has 0 N–H and O–H groups in total. The van der Waals surface area contributed by atoms with Crippen LogP contribution in [0.5, 0.6) is 0 Å². The molecule has 0 radical (unpaired) electrons. The minimum Gasteiger partial charge on any atom is -0.339 e. The Morgan fingerprint density at radius 1 is 1.50 bits per heavy atom. The third-order valence-electron chi connectivity index (χ3n) is 3.11. The summed E-state index contributed by atoms with van der Waals surface area (Å²) in [7, 11) is 1.78. The van der Waals surface area contributed by atoms with Crippen molar-refractivity contribution in [3.05, 3.63) is 34.1 Å². The molecule has 1 aromatic rings. The van der Waals surface area contributed by atoms with Crippen LogP contribution in [0.2, 0.25) is 0 Å². The van der Waals surface area contributed by atoms with Crippen LogP contribution in [0.15, 0.2) is 22.7 Å². The van der Waals surface area contributed by atoms with Gasteiger partial charge >= 0.3 is 0 Å². The normalized spacial score (nSPS) is 15.7. The first-order chi connectivity index (χ1) is 7.59. The lowest BCUT2D eigenvalue weighted by atomic mass is 9.91. The highest BCUT2D eigenvalue weighted by Gasteiger charge is 2.26. The first-order valence-electron chi connectivity index (χ1n) is 5.32. The molecule has 0 spiro atoms. The van der Waals surface area contributed by atoms with Gasteiger partial charge in [-0.2, -0.15) is 0 Å². The highest BCUT2D eigenvalue weighted by molar-refractivity contribution is 9.10. The van der Waals surface area contributed by atoms with Crippen molar-refractivity contribution < 1.29 is 9.18 Å². The van der Waals surface area contributed by atoms with Crippen LogP contribution in [0.25, 0.3) is 0 Å². The average molecular weight is 286 g/mol. The second kappa shape index (κ2) is 4.53. The van der Waals surface area contributed by atoms with Gasteiger partial charge in [-0.1, -0.05) is 0 Å². The van der Waals surface area contributed by atoms with Crippen LogP contribution in [0.1, 0.15) is 29.6 Å². The molecule has 0 bridgehead atoms. The third kappa shape index (κ3) is 2.12. The predicted octanol–water partition coefficient (Wildman–Crippen LogP) is 3.21. The van der Waals surface area contributed by atoms with Crippen molar-refractivity contribution in [3.63, 3.8) is 0 Å². The molecule has 1 amide bonds. The van der Waals surface area contributed by atoms with Crippen LogP contribution in [0.3, 0.4) is 0 Å². The summed E-state index contributed by atoms with van der Waals surface area (Å²) in [6.07, 6.45) is 3.29. The van der Waals surface area contributed by atoms with E-state index in [1.807, 2.05) is 0 Å². The van der Waals surface area contributed by atoms with Gasteiger partial charge in [-0.05, 0) is 53.4 Å². The minimum absolute atomic E-state index is 0.101. The lowest BCUT2D eigenvalue weighted by Crippen LogP contribution is -2.41. The van der Waals surface area contributed by atoms with Crippen LogP contribution in [0.4, 0.5) is 4.39 Å². The molecular weight excluding hydrogens is 273 g/mol. The summed E-state index contributed by atoms with van der Waals surface area (Å²) in [6.45, 7) is 0. The first kappa shape index (κ1) is 11.6. The zero-order chi connectivity index (χ0) is 11.7. The van der Waals surface area contributed by atoms with Crippen molar-refractivity contribution in [1.29, 1.82) is 0 Å². The number of nitrogens with zero attached hydrogens (tertiary/aromatic N) is 1. The Morgan fingerprint density at radius 2 is 2.19 bits per heavy atom. The summed E-state index contributed by atoms with van der Waals surface area (Å²) in [5, 5.41) is 0. The molecule has 1 saturated carbocycles. The van der Waals surface area contributed by atoms with Gasteiger partial charge in [0.1, 0.15) is 5.82 Å². The van der Waals surface area contributed by atoms with Crippen molar-refractivity contribution in [2.75, 3.05) is 7.05 Å².